The molecule has 6 heteroatoms. The fourth-order valence-corrected chi connectivity index (χ4v) is 2.72. The Morgan fingerprint density at radius 1 is 1.12 bits per heavy atom. The first kappa shape index (κ1) is 16.9. The van der Waals surface area contributed by atoms with E-state index in [2.05, 4.69) is 10.3 Å². The Kier molecular flexibility index (Phi) is 4.95. The second kappa shape index (κ2) is 7.32. The first-order valence-corrected chi connectivity index (χ1v) is 8.00. The van der Waals surface area contributed by atoms with Gasteiger partial charge in [-0.1, -0.05) is 48.0 Å². The van der Waals surface area contributed by atoms with Crippen LogP contribution in [0.15, 0.2) is 54.7 Å². The predicted molar refractivity (Wildman–Crippen MR) is 96.8 cm³/mol. The van der Waals surface area contributed by atoms with Crippen LogP contribution in [-0.2, 0) is 9.53 Å². The lowest BCUT2D eigenvalue weighted by Crippen LogP contribution is -2.22. The molecule has 2 aromatic carbocycles. The van der Waals surface area contributed by atoms with E-state index in [1.807, 2.05) is 31.2 Å². The van der Waals surface area contributed by atoms with E-state index < -0.39 is 18.5 Å². The van der Waals surface area contributed by atoms with Crippen molar-refractivity contribution in [3.63, 3.8) is 0 Å². The van der Waals surface area contributed by atoms with Crippen LogP contribution < -0.4 is 5.32 Å². The van der Waals surface area contributed by atoms with Crippen molar-refractivity contribution in [2.45, 2.75) is 6.92 Å². The van der Waals surface area contributed by atoms with Crippen LogP contribution >= 0.6 is 11.6 Å². The van der Waals surface area contributed by atoms with Gasteiger partial charge in [0.15, 0.2) is 12.3 Å². The number of rotatable bonds is 4. The normalized spacial score (nSPS) is 10.5. The van der Waals surface area contributed by atoms with Crippen LogP contribution in [0.5, 0.6) is 0 Å². The number of carbonyl (C=O) groups excluding carboxylic acids is 2. The molecule has 1 aromatic heterocycles. The van der Waals surface area contributed by atoms with Crippen molar-refractivity contribution in [3.05, 3.63) is 71.0 Å². The molecule has 0 saturated carbocycles. The van der Waals surface area contributed by atoms with E-state index in [9.17, 15) is 9.59 Å². The summed E-state index contributed by atoms with van der Waals surface area (Å²) in [6, 6.07) is 14.4. The highest BCUT2D eigenvalue weighted by molar-refractivity contribution is 6.33. The van der Waals surface area contributed by atoms with Crippen molar-refractivity contribution in [1.82, 2.24) is 4.98 Å². The van der Waals surface area contributed by atoms with Gasteiger partial charge in [0.05, 0.1) is 10.7 Å². The second-order valence-corrected chi connectivity index (χ2v) is 5.84. The predicted octanol–water partition coefficient (Wildman–Crippen LogP) is 3.99. The van der Waals surface area contributed by atoms with Gasteiger partial charge in [0, 0.05) is 11.6 Å². The lowest BCUT2D eigenvalue weighted by atomic mass is 10.1. The van der Waals surface area contributed by atoms with Crippen LogP contribution in [0.25, 0.3) is 10.8 Å². The number of esters is 1. The second-order valence-electron chi connectivity index (χ2n) is 5.44. The third kappa shape index (κ3) is 3.78. The van der Waals surface area contributed by atoms with Gasteiger partial charge in [-0.3, -0.25) is 4.79 Å². The molecular weight excluding hydrogens is 340 g/mol. The number of nitrogens with zero attached hydrogens (tertiary/aromatic N) is 1. The molecule has 5 nitrogen and oxygen atoms in total. The molecule has 0 unspecified atom stereocenters. The van der Waals surface area contributed by atoms with Crippen LogP contribution in [0.2, 0.25) is 5.02 Å². The number of fused-ring (bicyclic) bond motifs is 1. The number of nitrogens with one attached hydrogen (secondary N) is 1. The molecule has 0 aliphatic heterocycles. The smallest absolute Gasteiger partial charge is 0.358 e. The number of hydrogen-bond acceptors (Lipinski definition) is 4. The standard InChI is InChI=1S/C19H15ClN2O3/c1-12-5-4-8-15(20)17(12)22-16(23)11-25-19(24)18-14-7-3-2-6-13(14)9-10-21-18/h2-10H,11H2,1H3,(H,22,23). The van der Waals surface area contributed by atoms with Gasteiger partial charge in [-0.25, -0.2) is 9.78 Å². The molecule has 3 rings (SSSR count). The number of pyridine rings is 1. The number of benzene rings is 2. The van der Waals surface area contributed by atoms with Gasteiger partial charge in [-0.2, -0.15) is 0 Å². The van der Waals surface area contributed by atoms with Gasteiger partial charge >= 0.3 is 5.97 Å². The van der Waals surface area contributed by atoms with Crippen molar-refractivity contribution in [3.8, 4) is 0 Å². The van der Waals surface area contributed by atoms with E-state index in [4.69, 9.17) is 16.3 Å². The van der Waals surface area contributed by atoms with Gasteiger partial charge in [0.2, 0.25) is 0 Å². The summed E-state index contributed by atoms with van der Waals surface area (Å²) in [6.07, 6.45) is 1.53. The largest absolute Gasteiger partial charge is 0.451 e. The number of halogens is 1. The molecule has 0 bridgehead atoms. The molecule has 1 heterocycles. The fourth-order valence-electron chi connectivity index (χ4n) is 2.45. The Labute approximate surface area is 149 Å². The third-order valence-electron chi connectivity index (χ3n) is 3.69. The zero-order valence-electron chi connectivity index (χ0n) is 13.5. The highest BCUT2D eigenvalue weighted by Crippen LogP contribution is 2.25. The van der Waals surface area contributed by atoms with Gasteiger partial charge in [-0.15, -0.1) is 0 Å². The summed E-state index contributed by atoms with van der Waals surface area (Å²) < 4.78 is 5.09. The van der Waals surface area contributed by atoms with Crippen molar-refractivity contribution in [2.24, 2.45) is 0 Å². The van der Waals surface area contributed by atoms with Crippen LogP contribution in [0.3, 0.4) is 0 Å². The van der Waals surface area contributed by atoms with E-state index in [1.165, 1.54) is 6.20 Å². The van der Waals surface area contributed by atoms with Crippen molar-refractivity contribution >= 4 is 39.9 Å². The Hall–Kier alpha value is -2.92. The molecule has 0 fully saturated rings. The Morgan fingerprint density at radius 3 is 2.72 bits per heavy atom. The molecule has 0 aliphatic rings. The molecule has 0 aliphatic carbocycles. The Bertz CT molecular complexity index is 931. The van der Waals surface area contributed by atoms with Crippen LogP contribution in [0.1, 0.15) is 16.1 Å². The van der Waals surface area contributed by atoms with Gasteiger partial charge in [0.1, 0.15) is 0 Å². The topological polar surface area (TPSA) is 68.3 Å². The number of aromatic nitrogens is 1. The molecular formula is C19H15ClN2O3. The number of anilines is 1. The number of aryl methyl sites for hydroxylation is 1. The zero-order chi connectivity index (χ0) is 17.8. The van der Waals surface area contributed by atoms with Crippen molar-refractivity contribution in [1.29, 1.82) is 0 Å². The SMILES string of the molecule is Cc1cccc(Cl)c1NC(=O)COC(=O)c1nccc2ccccc12. The van der Waals surface area contributed by atoms with Gasteiger partial charge < -0.3 is 10.1 Å². The molecule has 0 radical (unpaired) electrons. The van der Waals surface area contributed by atoms with E-state index in [0.29, 0.717) is 16.1 Å². The monoisotopic (exact) mass is 354 g/mol. The number of amides is 1. The zero-order valence-corrected chi connectivity index (χ0v) is 14.2. The number of carbonyl (C=O) groups is 2. The maximum Gasteiger partial charge on any atom is 0.358 e. The lowest BCUT2D eigenvalue weighted by Gasteiger charge is -2.11. The number of para-hydroxylation sites is 1. The maximum absolute atomic E-state index is 12.3. The van der Waals surface area contributed by atoms with E-state index in [1.54, 1.807) is 24.3 Å². The number of ether oxygens (including phenoxy) is 1. The van der Waals surface area contributed by atoms with Crippen LogP contribution in [-0.4, -0.2) is 23.5 Å². The lowest BCUT2D eigenvalue weighted by molar-refractivity contribution is -0.119. The minimum absolute atomic E-state index is 0.180. The summed E-state index contributed by atoms with van der Waals surface area (Å²) >= 11 is 6.07. The molecule has 1 amide bonds. The molecule has 0 saturated heterocycles. The summed E-state index contributed by atoms with van der Waals surface area (Å²) in [6.45, 7) is 1.40. The minimum atomic E-state index is -0.650. The van der Waals surface area contributed by atoms with E-state index in [0.717, 1.165) is 10.9 Å². The third-order valence-corrected chi connectivity index (χ3v) is 4.00. The first-order chi connectivity index (χ1) is 12.1. The van der Waals surface area contributed by atoms with Gasteiger partial charge in [0.25, 0.3) is 5.91 Å². The molecule has 1 N–H and O–H groups in total. The average Bonchev–Trinajstić information content (AvgIpc) is 2.62. The highest BCUT2D eigenvalue weighted by atomic mass is 35.5. The summed E-state index contributed by atoms with van der Waals surface area (Å²) in [7, 11) is 0. The fraction of sp³-hybridized carbons (Fsp3) is 0.105. The van der Waals surface area contributed by atoms with E-state index in [-0.39, 0.29) is 5.69 Å². The van der Waals surface area contributed by atoms with Crippen LogP contribution in [0.4, 0.5) is 5.69 Å². The average molecular weight is 355 g/mol. The Balaban J connectivity index is 1.69. The summed E-state index contributed by atoms with van der Waals surface area (Å²) in [4.78, 5) is 28.4. The Morgan fingerprint density at radius 2 is 1.92 bits per heavy atom. The molecule has 3 aromatic rings. The quantitative estimate of drug-likeness (QED) is 0.719. The summed E-state index contributed by atoms with van der Waals surface area (Å²) in [5.41, 5.74) is 1.51. The van der Waals surface area contributed by atoms with Crippen molar-refractivity contribution in [2.75, 3.05) is 11.9 Å². The first-order valence-electron chi connectivity index (χ1n) is 7.62. The maximum atomic E-state index is 12.3. The molecule has 126 valence electrons. The van der Waals surface area contributed by atoms with Crippen LogP contribution in [0, 0.1) is 6.92 Å². The highest BCUT2D eigenvalue weighted by Gasteiger charge is 2.15. The minimum Gasteiger partial charge on any atom is -0.451 e. The molecule has 0 spiro atoms. The molecule has 0 atom stereocenters. The van der Waals surface area contributed by atoms with Gasteiger partial charge in [-0.05, 0) is 30.0 Å². The van der Waals surface area contributed by atoms with E-state index >= 15 is 0 Å². The summed E-state index contributed by atoms with van der Waals surface area (Å²) in [5, 5.41) is 4.63. The van der Waals surface area contributed by atoms with Crippen molar-refractivity contribution < 1.29 is 14.3 Å². The number of hydrogen-bond donors (Lipinski definition) is 1. The summed E-state index contributed by atoms with van der Waals surface area (Å²) in [5.74, 6) is -1.12. The molecule has 25 heavy (non-hydrogen) atoms.